The zero-order chi connectivity index (χ0) is 14.4. The number of rotatable bonds is 5. The molecule has 0 fully saturated rings. The fraction of sp³-hybridized carbons (Fsp3) is 0.231. The van der Waals surface area contributed by atoms with E-state index in [1.54, 1.807) is 13.0 Å². The SMILES string of the molecule is C=CC(C)NC(=O)Nc1cc(C(=O)O)ccc1OC. The summed E-state index contributed by atoms with van der Waals surface area (Å²) < 4.78 is 5.06. The van der Waals surface area contributed by atoms with Gasteiger partial charge in [0.2, 0.25) is 0 Å². The Morgan fingerprint density at radius 2 is 2.16 bits per heavy atom. The average Bonchev–Trinajstić information content (AvgIpc) is 2.38. The highest BCUT2D eigenvalue weighted by molar-refractivity contribution is 5.94. The van der Waals surface area contributed by atoms with Crippen LogP contribution in [0.3, 0.4) is 0 Å². The van der Waals surface area contributed by atoms with Gasteiger partial charge in [-0.3, -0.25) is 0 Å². The minimum absolute atomic E-state index is 0.0628. The van der Waals surface area contributed by atoms with Crippen molar-refractivity contribution in [1.29, 1.82) is 0 Å². The topological polar surface area (TPSA) is 87.7 Å². The normalized spacial score (nSPS) is 11.3. The van der Waals surface area contributed by atoms with Crippen molar-refractivity contribution < 1.29 is 19.4 Å². The summed E-state index contributed by atoms with van der Waals surface area (Å²) >= 11 is 0. The van der Waals surface area contributed by atoms with Gasteiger partial charge in [-0.05, 0) is 25.1 Å². The number of hydrogen-bond acceptors (Lipinski definition) is 3. The Morgan fingerprint density at radius 1 is 1.47 bits per heavy atom. The van der Waals surface area contributed by atoms with Crippen LogP contribution < -0.4 is 15.4 Å². The van der Waals surface area contributed by atoms with E-state index < -0.39 is 12.0 Å². The van der Waals surface area contributed by atoms with Gasteiger partial charge in [0.1, 0.15) is 5.75 Å². The standard InChI is InChI=1S/C13H16N2O4/c1-4-8(2)14-13(18)15-10-7-9(12(16)17)5-6-11(10)19-3/h4-8H,1H2,2-3H3,(H,16,17)(H2,14,15,18). The first-order chi connectivity index (χ1) is 8.97. The van der Waals surface area contributed by atoms with E-state index in [1.165, 1.54) is 25.3 Å². The van der Waals surface area contributed by atoms with Gasteiger partial charge in [0, 0.05) is 6.04 Å². The Morgan fingerprint density at radius 3 is 2.68 bits per heavy atom. The number of carboxylic acid groups (broad SMARTS) is 1. The van der Waals surface area contributed by atoms with Crippen molar-refractivity contribution in [3.63, 3.8) is 0 Å². The van der Waals surface area contributed by atoms with E-state index >= 15 is 0 Å². The second kappa shape index (κ2) is 6.44. The molecule has 6 heteroatoms. The first-order valence-corrected chi connectivity index (χ1v) is 5.59. The van der Waals surface area contributed by atoms with Crippen LogP contribution in [0.4, 0.5) is 10.5 Å². The lowest BCUT2D eigenvalue weighted by molar-refractivity contribution is 0.0697. The number of methoxy groups -OCH3 is 1. The average molecular weight is 264 g/mol. The third-order valence-electron chi connectivity index (χ3n) is 2.41. The summed E-state index contributed by atoms with van der Waals surface area (Å²) in [5.74, 6) is -0.697. The van der Waals surface area contributed by atoms with Crippen molar-refractivity contribution in [1.82, 2.24) is 5.32 Å². The molecule has 102 valence electrons. The van der Waals surface area contributed by atoms with Gasteiger partial charge in [0.15, 0.2) is 0 Å². The van der Waals surface area contributed by atoms with E-state index in [0.29, 0.717) is 5.75 Å². The van der Waals surface area contributed by atoms with Gasteiger partial charge in [-0.15, -0.1) is 6.58 Å². The Balaban J connectivity index is 2.91. The molecule has 1 atom stereocenters. The highest BCUT2D eigenvalue weighted by atomic mass is 16.5. The Hall–Kier alpha value is -2.50. The summed E-state index contributed by atoms with van der Waals surface area (Å²) in [4.78, 5) is 22.5. The number of nitrogens with one attached hydrogen (secondary N) is 2. The molecule has 2 amide bonds. The molecule has 1 aromatic carbocycles. The molecule has 6 nitrogen and oxygen atoms in total. The molecule has 3 N–H and O–H groups in total. The van der Waals surface area contributed by atoms with Crippen LogP contribution in [0.15, 0.2) is 30.9 Å². The number of carbonyl (C=O) groups excluding carboxylic acids is 1. The predicted molar refractivity (Wildman–Crippen MR) is 71.8 cm³/mol. The molecule has 0 saturated carbocycles. The number of carboxylic acids is 1. The number of ether oxygens (including phenoxy) is 1. The number of amides is 2. The Labute approximate surface area is 111 Å². The molecule has 0 bridgehead atoms. The molecule has 0 aromatic heterocycles. The summed E-state index contributed by atoms with van der Waals surface area (Å²) in [5, 5.41) is 14.1. The zero-order valence-corrected chi connectivity index (χ0v) is 10.8. The van der Waals surface area contributed by atoms with Crippen LogP contribution in [0.25, 0.3) is 0 Å². The molecule has 19 heavy (non-hydrogen) atoms. The fourth-order valence-electron chi connectivity index (χ4n) is 1.36. The summed E-state index contributed by atoms with van der Waals surface area (Å²) in [7, 11) is 1.44. The van der Waals surface area contributed by atoms with Crippen LogP contribution in [0.5, 0.6) is 5.75 Å². The smallest absolute Gasteiger partial charge is 0.335 e. The molecular weight excluding hydrogens is 248 g/mol. The van der Waals surface area contributed by atoms with Crippen molar-refractivity contribution in [2.45, 2.75) is 13.0 Å². The molecule has 0 aliphatic rings. The molecule has 0 heterocycles. The maximum absolute atomic E-state index is 11.7. The second-order valence-corrected chi connectivity index (χ2v) is 3.84. The molecule has 1 aromatic rings. The number of aromatic carboxylic acids is 1. The van der Waals surface area contributed by atoms with E-state index in [9.17, 15) is 9.59 Å². The maximum Gasteiger partial charge on any atom is 0.335 e. The second-order valence-electron chi connectivity index (χ2n) is 3.84. The van der Waals surface area contributed by atoms with Gasteiger partial charge in [-0.2, -0.15) is 0 Å². The number of hydrogen-bond donors (Lipinski definition) is 3. The molecule has 0 saturated heterocycles. The van der Waals surface area contributed by atoms with Gasteiger partial charge in [-0.1, -0.05) is 6.08 Å². The van der Waals surface area contributed by atoms with E-state index in [2.05, 4.69) is 17.2 Å². The first-order valence-electron chi connectivity index (χ1n) is 5.59. The minimum Gasteiger partial charge on any atom is -0.495 e. The van der Waals surface area contributed by atoms with Crippen LogP contribution in [0, 0.1) is 0 Å². The number of benzene rings is 1. The maximum atomic E-state index is 11.7. The molecule has 0 aliphatic heterocycles. The van der Waals surface area contributed by atoms with Crippen LogP contribution in [-0.2, 0) is 0 Å². The quantitative estimate of drug-likeness (QED) is 0.710. The van der Waals surface area contributed by atoms with Crippen molar-refractivity contribution in [2.24, 2.45) is 0 Å². The van der Waals surface area contributed by atoms with Crippen LogP contribution in [0.2, 0.25) is 0 Å². The molecule has 1 unspecified atom stereocenters. The molecule has 0 spiro atoms. The Bertz CT molecular complexity index is 499. The number of carbonyl (C=O) groups is 2. The summed E-state index contributed by atoms with van der Waals surface area (Å²) in [6.45, 7) is 5.31. The highest BCUT2D eigenvalue weighted by Gasteiger charge is 2.12. The lowest BCUT2D eigenvalue weighted by Crippen LogP contribution is -2.34. The van der Waals surface area contributed by atoms with Crippen LogP contribution >= 0.6 is 0 Å². The van der Waals surface area contributed by atoms with E-state index in [4.69, 9.17) is 9.84 Å². The largest absolute Gasteiger partial charge is 0.495 e. The van der Waals surface area contributed by atoms with E-state index in [1.807, 2.05) is 0 Å². The first kappa shape index (κ1) is 14.6. The summed E-state index contributed by atoms with van der Waals surface area (Å²) in [6, 6.07) is 3.55. The number of anilines is 1. The third kappa shape index (κ3) is 4.02. The monoisotopic (exact) mass is 264 g/mol. The highest BCUT2D eigenvalue weighted by Crippen LogP contribution is 2.25. The van der Waals surface area contributed by atoms with Crippen molar-refractivity contribution in [3.05, 3.63) is 36.4 Å². The van der Waals surface area contributed by atoms with Gasteiger partial charge >= 0.3 is 12.0 Å². The predicted octanol–water partition coefficient (Wildman–Crippen LogP) is 2.09. The van der Waals surface area contributed by atoms with Crippen LogP contribution in [0.1, 0.15) is 17.3 Å². The molecular formula is C13H16N2O4. The summed E-state index contributed by atoms with van der Waals surface area (Å²) in [6.07, 6.45) is 1.57. The lowest BCUT2D eigenvalue weighted by atomic mass is 10.2. The van der Waals surface area contributed by atoms with Gasteiger partial charge in [0.25, 0.3) is 0 Å². The van der Waals surface area contributed by atoms with Gasteiger partial charge < -0.3 is 20.5 Å². The van der Waals surface area contributed by atoms with Crippen molar-refractivity contribution in [2.75, 3.05) is 12.4 Å². The van der Waals surface area contributed by atoms with E-state index in [-0.39, 0.29) is 17.3 Å². The number of urea groups is 1. The van der Waals surface area contributed by atoms with E-state index in [0.717, 1.165) is 0 Å². The molecule has 0 radical (unpaired) electrons. The van der Waals surface area contributed by atoms with Crippen molar-refractivity contribution in [3.8, 4) is 5.75 Å². The summed E-state index contributed by atoms with van der Waals surface area (Å²) in [5.41, 5.74) is 0.351. The van der Waals surface area contributed by atoms with Gasteiger partial charge in [-0.25, -0.2) is 9.59 Å². The fourth-order valence-corrected chi connectivity index (χ4v) is 1.36. The van der Waals surface area contributed by atoms with Gasteiger partial charge in [0.05, 0.1) is 18.4 Å². The molecule has 1 rings (SSSR count). The minimum atomic E-state index is -1.08. The lowest BCUT2D eigenvalue weighted by Gasteiger charge is -2.13. The van der Waals surface area contributed by atoms with Crippen LogP contribution in [-0.4, -0.2) is 30.3 Å². The van der Waals surface area contributed by atoms with Crippen molar-refractivity contribution >= 4 is 17.7 Å². The molecule has 0 aliphatic carbocycles. The third-order valence-corrected chi connectivity index (χ3v) is 2.41. The Kier molecular flexibility index (Phi) is 4.93. The zero-order valence-electron chi connectivity index (χ0n) is 10.8.